The molecule has 1 fully saturated rings. The molecule has 1 N–H and O–H groups in total. The number of Topliss-reactive ketones (excluding diaryl/α,β-unsaturated/α-hetero) is 1. The third-order valence-electron chi connectivity index (χ3n) is 10.2. The maximum atomic E-state index is 15.3. The van der Waals surface area contributed by atoms with Gasteiger partial charge in [0.15, 0.2) is 23.4 Å². The van der Waals surface area contributed by atoms with Crippen LogP contribution < -0.4 is 19.7 Å². The Morgan fingerprint density at radius 2 is 1.40 bits per heavy atom. The monoisotopic (exact) mass is 662 g/mol. The fourth-order valence-corrected chi connectivity index (χ4v) is 8.03. The Morgan fingerprint density at radius 1 is 0.760 bits per heavy atom. The van der Waals surface area contributed by atoms with Crippen molar-refractivity contribution in [3.05, 3.63) is 161 Å². The van der Waals surface area contributed by atoms with Gasteiger partial charge in [0.2, 0.25) is 5.91 Å². The highest BCUT2D eigenvalue weighted by Crippen LogP contribution is 2.58. The zero-order valence-electron chi connectivity index (χ0n) is 27.5. The molecule has 8 nitrogen and oxygen atoms in total. The highest BCUT2D eigenvalue weighted by molar-refractivity contribution is 6.16. The van der Waals surface area contributed by atoms with Gasteiger partial charge < -0.3 is 24.4 Å². The third-order valence-corrected chi connectivity index (χ3v) is 10.2. The minimum absolute atomic E-state index is 0.279. The number of carbonyl (C=O) groups excluding carboxylic acids is 3. The fourth-order valence-electron chi connectivity index (χ4n) is 8.03. The molecule has 1 spiro atoms. The molecule has 1 amide bonds. The summed E-state index contributed by atoms with van der Waals surface area (Å²) in [6, 6.07) is 37.2. The Bertz CT molecular complexity index is 2110. The van der Waals surface area contributed by atoms with Crippen molar-refractivity contribution in [2.45, 2.75) is 23.6 Å². The van der Waals surface area contributed by atoms with Crippen LogP contribution in [0.15, 0.2) is 133 Å². The Hall–Kier alpha value is -6.15. The van der Waals surface area contributed by atoms with E-state index in [4.69, 9.17) is 14.2 Å². The molecular weight excluding hydrogens is 628 g/mol. The van der Waals surface area contributed by atoms with Crippen LogP contribution in [-0.4, -0.2) is 44.0 Å². The predicted molar refractivity (Wildman–Crippen MR) is 190 cm³/mol. The minimum atomic E-state index is -1.48. The van der Waals surface area contributed by atoms with Crippen LogP contribution in [0.5, 0.6) is 11.5 Å². The van der Waals surface area contributed by atoms with Gasteiger partial charge in [-0.15, -0.1) is 0 Å². The number of para-hydroxylation sites is 2. The van der Waals surface area contributed by atoms with Crippen molar-refractivity contribution < 1.29 is 28.6 Å². The first-order valence-electron chi connectivity index (χ1n) is 16.5. The lowest BCUT2D eigenvalue weighted by atomic mass is 9.64. The Kier molecular flexibility index (Phi) is 7.71. The maximum Gasteiger partial charge on any atom is 0.330 e. The van der Waals surface area contributed by atoms with Crippen molar-refractivity contribution >= 4 is 35.1 Å². The van der Waals surface area contributed by atoms with E-state index in [1.165, 1.54) is 14.2 Å². The number of ether oxygens (including phenoxy) is 3. The summed E-state index contributed by atoms with van der Waals surface area (Å²) < 4.78 is 17.6. The topological polar surface area (TPSA) is 94.2 Å². The predicted octanol–water partition coefficient (Wildman–Crippen LogP) is 7.01. The molecule has 50 heavy (non-hydrogen) atoms. The molecule has 0 bridgehead atoms. The number of ketones is 1. The minimum Gasteiger partial charge on any atom is -0.493 e. The van der Waals surface area contributed by atoms with E-state index in [9.17, 15) is 4.79 Å². The molecule has 8 rings (SSSR count). The van der Waals surface area contributed by atoms with Crippen LogP contribution in [0.2, 0.25) is 0 Å². The lowest BCUT2D eigenvalue weighted by Gasteiger charge is -2.37. The zero-order valence-corrected chi connectivity index (χ0v) is 27.5. The second-order valence-electron chi connectivity index (χ2n) is 12.6. The van der Waals surface area contributed by atoms with Gasteiger partial charge in [0.1, 0.15) is 11.5 Å². The normalized spacial score (nSPS) is 21.3. The Morgan fingerprint density at radius 3 is 2.10 bits per heavy atom. The van der Waals surface area contributed by atoms with Gasteiger partial charge in [0.05, 0.1) is 26.2 Å². The molecule has 4 atom stereocenters. The molecule has 0 radical (unpaired) electrons. The molecule has 8 heteroatoms. The average molecular weight is 663 g/mol. The number of carbonyl (C=O) groups is 3. The quantitative estimate of drug-likeness (QED) is 0.141. The molecule has 248 valence electrons. The number of methoxy groups -OCH3 is 2. The van der Waals surface area contributed by atoms with Gasteiger partial charge in [-0.25, -0.2) is 4.79 Å². The second kappa shape index (κ2) is 12.4. The fraction of sp³-hybridized carbons (Fsp3) is 0.167. The van der Waals surface area contributed by atoms with Crippen LogP contribution in [0.25, 0.3) is 6.08 Å². The molecule has 1 saturated heterocycles. The van der Waals surface area contributed by atoms with Crippen LogP contribution in [0.4, 0.5) is 11.4 Å². The SMILES string of the molecule is COc1ccc(C(=O)[C@@H]2[C@H](C(=O)OC(c3ccccc3)c3ccccc3)N3c4ccccc4C=CC3[C@@]23C(=O)Nc2ccccc23)cc1OC. The average Bonchev–Trinajstić information content (AvgIpc) is 3.65. The van der Waals surface area contributed by atoms with Crippen molar-refractivity contribution in [1.82, 2.24) is 0 Å². The van der Waals surface area contributed by atoms with E-state index in [1.807, 2.05) is 126 Å². The molecule has 5 aromatic rings. The first-order valence-corrected chi connectivity index (χ1v) is 16.5. The van der Waals surface area contributed by atoms with Crippen molar-refractivity contribution in [2.75, 3.05) is 24.4 Å². The van der Waals surface area contributed by atoms with E-state index in [1.54, 1.807) is 18.2 Å². The Balaban J connectivity index is 1.36. The lowest BCUT2D eigenvalue weighted by Crippen LogP contribution is -2.51. The van der Waals surface area contributed by atoms with Crippen LogP contribution in [0.1, 0.15) is 38.7 Å². The van der Waals surface area contributed by atoms with E-state index in [-0.39, 0.29) is 11.5 Å². The molecule has 3 aliphatic rings. The van der Waals surface area contributed by atoms with Gasteiger partial charge in [-0.1, -0.05) is 109 Å². The number of fused-ring (bicyclic) bond motifs is 6. The molecule has 0 saturated carbocycles. The lowest BCUT2D eigenvalue weighted by molar-refractivity contribution is -0.150. The standard InChI is InChI=1S/C42H34N2O6/c1-48-33-23-21-29(25-34(33)49-2)38(45)36-37(40(46)50-39(27-14-5-3-6-15-27)28-16-7-4-8-17-28)44-32-20-12-9-13-26(32)22-24-35(44)42(36)30-18-10-11-19-31(30)43-41(42)47/h3-25,35-37,39H,1-2H3,(H,43,47)/t35?,36-,37+,42+/m0/s1. The molecule has 0 aliphatic carbocycles. The number of hydrogen-bond acceptors (Lipinski definition) is 7. The zero-order chi connectivity index (χ0) is 34.4. The van der Waals surface area contributed by atoms with Crippen LogP contribution in [-0.2, 0) is 19.7 Å². The van der Waals surface area contributed by atoms with Crippen LogP contribution in [0, 0.1) is 5.92 Å². The smallest absolute Gasteiger partial charge is 0.330 e. The molecular formula is C42H34N2O6. The summed E-state index contributed by atoms with van der Waals surface area (Å²) in [6.07, 6.45) is 3.14. The van der Waals surface area contributed by atoms with Gasteiger partial charge >= 0.3 is 5.97 Å². The van der Waals surface area contributed by atoms with E-state index in [0.29, 0.717) is 22.7 Å². The van der Waals surface area contributed by atoms with Crippen molar-refractivity contribution in [2.24, 2.45) is 5.92 Å². The number of amides is 1. The molecule has 3 aliphatic heterocycles. The first-order chi connectivity index (χ1) is 24.5. The van der Waals surface area contributed by atoms with Gasteiger partial charge in [-0.3, -0.25) is 9.59 Å². The highest BCUT2D eigenvalue weighted by Gasteiger charge is 2.71. The summed E-state index contributed by atoms with van der Waals surface area (Å²) in [5.74, 6) is -1.76. The number of benzene rings is 5. The third kappa shape index (κ3) is 4.70. The van der Waals surface area contributed by atoms with E-state index >= 15 is 9.59 Å². The summed E-state index contributed by atoms with van der Waals surface area (Å²) in [7, 11) is 3.02. The van der Waals surface area contributed by atoms with E-state index in [0.717, 1.165) is 22.4 Å². The summed E-state index contributed by atoms with van der Waals surface area (Å²) >= 11 is 0. The van der Waals surface area contributed by atoms with Crippen molar-refractivity contribution in [1.29, 1.82) is 0 Å². The molecule has 3 heterocycles. The van der Waals surface area contributed by atoms with Gasteiger partial charge in [0, 0.05) is 16.9 Å². The number of esters is 1. The molecule has 0 aromatic heterocycles. The largest absolute Gasteiger partial charge is 0.493 e. The first kappa shape index (κ1) is 31.1. The van der Waals surface area contributed by atoms with Gasteiger partial charge in [0.25, 0.3) is 0 Å². The van der Waals surface area contributed by atoms with Crippen molar-refractivity contribution in [3.8, 4) is 11.5 Å². The number of hydrogen-bond donors (Lipinski definition) is 1. The van der Waals surface area contributed by atoms with E-state index in [2.05, 4.69) is 5.32 Å². The summed E-state index contributed by atoms with van der Waals surface area (Å²) in [4.78, 5) is 47.1. The van der Waals surface area contributed by atoms with Crippen LogP contribution in [0.3, 0.4) is 0 Å². The second-order valence-corrected chi connectivity index (χ2v) is 12.6. The number of nitrogens with one attached hydrogen (secondary N) is 1. The van der Waals surface area contributed by atoms with Gasteiger partial charge in [-0.05, 0) is 52.6 Å². The summed E-state index contributed by atoms with van der Waals surface area (Å²) in [5, 5.41) is 3.07. The van der Waals surface area contributed by atoms with Crippen molar-refractivity contribution in [3.63, 3.8) is 0 Å². The van der Waals surface area contributed by atoms with Crippen LogP contribution >= 0.6 is 0 Å². The molecule has 5 aromatic carbocycles. The van der Waals surface area contributed by atoms with E-state index < -0.39 is 41.3 Å². The maximum absolute atomic E-state index is 15.3. The highest BCUT2D eigenvalue weighted by atomic mass is 16.5. The number of anilines is 2. The summed E-state index contributed by atoms with van der Waals surface area (Å²) in [6.45, 7) is 0. The number of nitrogens with zero attached hydrogens (tertiary/aromatic N) is 1. The van der Waals surface area contributed by atoms with Gasteiger partial charge in [-0.2, -0.15) is 0 Å². The molecule has 1 unspecified atom stereocenters. The Labute approximate surface area is 289 Å². The summed E-state index contributed by atoms with van der Waals surface area (Å²) in [5.41, 5.74) is 3.22. The number of rotatable bonds is 8.